The highest BCUT2D eigenvalue weighted by Crippen LogP contribution is 2.62. The minimum atomic E-state index is -1.56. The summed E-state index contributed by atoms with van der Waals surface area (Å²) in [7, 11) is 3.03. The minimum absolute atomic E-state index is 0.00387. The van der Waals surface area contributed by atoms with Crippen LogP contribution < -0.4 is 24.3 Å². The number of allylic oxidation sites excluding steroid dienone is 1. The smallest absolute Gasteiger partial charge is 0.417 e. The molecule has 1 fully saturated rings. The summed E-state index contributed by atoms with van der Waals surface area (Å²) in [5, 5.41) is 49.1. The van der Waals surface area contributed by atoms with Gasteiger partial charge in [-0.2, -0.15) is 0 Å². The summed E-state index contributed by atoms with van der Waals surface area (Å²) in [5.74, 6) is -1.31. The molecule has 0 spiro atoms. The Morgan fingerprint density at radius 2 is 1.58 bits per heavy atom. The van der Waals surface area contributed by atoms with E-state index in [1.54, 1.807) is 53.4 Å². The van der Waals surface area contributed by atoms with Gasteiger partial charge in [-0.1, -0.05) is 88.4 Å². The largest absolute Gasteiger partial charge is 0.497 e. The molecule has 1 saturated carbocycles. The number of rotatable bonds is 35. The number of methoxy groups -OCH3 is 2. The van der Waals surface area contributed by atoms with Gasteiger partial charge in [0.05, 0.1) is 62.9 Å². The summed E-state index contributed by atoms with van der Waals surface area (Å²) < 4.78 is 37.4. The van der Waals surface area contributed by atoms with Crippen molar-refractivity contribution in [2.45, 2.75) is 140 Å². The molecule has 2 amide bonds. The summed E-state index contributed by atoms with van der Waals surface area (Å²) in [5.41, 5.74) is 3.09. The molecule has 6 atom stereocenters. The molecule has 2 aliphatic carbocycles. The topological polar surface area (TPSA) is 230 Å². The van der Waals surface area contributed by atoms with E-state index in [9.17, 15) is 30.2 Å². The van der Waals surface area contributed by atoms with Crippen LogP contribution in [0.1, 0.15) is 133 Å². The van der Waals surface area contributed by atoms with E-state index in [2.05, 4.69) is 24.9 Å². The Morgan fingerprint density at radius 3 is 2.26 bits per heavy atom. The van der Waals surface area contributed by atoms with Crippen molar-refractivity contribution in [2.75, 3.05) is 65.7 Å². The highest BCUT2D eigenvalue weighted by atomic mass is 16.7. The van der Waals surface area contributed by atoms with E-state index < -0.39 is 34.7 Å². The lowest BCUT2D eigenvalue weighted by atomic mass is 9.55. The number of nitro benzene ring substituents is 1. The van der Waals surface area contributed by atoms with Crippen molar-refractivity contribution >= 4 is 29.1 Å². The number of nitrogens with one attached hydrogen (secondary N) is 1. The Kier molecular flexibility index (Phi) is 24.5. The maximum absolute atomic E-state index is 15.1. The third kappa shape index (κ3) is 16.3. The fourth-order valence-corrected chi connectivity index (χ4v) is 11.3. The number of non-ortho nitro benzene ring substituents is 1. The second-order valence-corrected chi connectivity index (χ2v) is 20.1. The lowest BCUT2D eigenvalue weighted by Crippen LogP contribution is -2.70. The van der Waals surface area contributed by atoms with Crippen LogP contribution in [0.25, 0.3) is 0 Å². The number of aliphatic hydroxyl groups is 3. The van der Waals surface area contributed by atoms with Crippen molar-refractivity contribution in [3.8, 4) is 23.0 Å². The van der Waals surface area contributed by atoms with Gasteiger partial charge in [0.2, 0.25) is 11.7 Å². The Morgan fingerprint density at radius 1 is 0.870 bits per heavy atom. The zero-order valence-corrected chi connectivity index (χ0v) is 45.4. The average Bonchev–Trinajstić information content (AvgIpc) is 3.55. The van der Waals surface area contributed by atoms with Crippen molar-refractivity contribution in [3.63, 3.8) is 0 Å². The normalized spacial score (nSPS) is 20.7. The van der Waals surface area contributed by atoms with Gasteiger partial charge >= 0.3 is 6.09 Å². The molecule has 1 aliphatic heterocycles. The Hall–Kier alpha value is -6.05. The van der Waals surface area contributed by atoms with Gasteiger partial charge < -0.3 is 53.5 Å². The van der Waals surface area contributed by atoms with Gasteiger partial charge in [0.1, 0.15) is 35.6 Å². The van der Waals surface area contributed by atoms with Gasteiger partial charge in [-0.3, -0.25) is 20.2 Å². The SMILES string of the molecule is C=CCOC12Oc3ccc(OC(=O)Nc4ccc(OC)cc4OC)cc3C3C(CCCCO)C(CCCCO)C=C(C(=NOCc4ccc([N+](=O)[O-])cc4)CC1N(CCOCCO)C(=O)CCCCCCCCCCC)C32. The third-order valence-electron chi connectivity index (χ3n) is 15.0. The molecule has 4 N–H and O–H groups in total. The first kappa shape index (κ1) is 60.2. The highest BCUT2D eigenvalue weighted by molar-refractivity contribution is 6.03. The number of carbonyl (C=O) groups is 2. The van der Waals surface area contributed by atoms with Crippen LogP contribution in [0.3, 0.4) is 0 Å². The Labute approximate surface area is 453 Å². The molecule has 3 aromatic carbocycles. The van der Waals surface area contributed by atoms with Crippen molar-refractivity contribution in [1.82, 2.24) is 4.90 Å². The molecule has 6 rings (SSSR count). The third-order valence-corrected chi connectivity index (χ3v) is 15.0. The number of benzene rings is 3. The molecule has 6 unspecified atom stereocenters. The second-order valence-electron chi connectivity index (χ2n) is 20.1. The van der Waals surface area contributed by atoms with Crippen LogP contribution >= 0.6 is 0 Å². The molecule has 18 heteroatoms. The van der Waals surface area contributed by atoms with Crippen LogP contribution in [0.4, 0.5) is 16.2 Å². The van der Waals surface area contributed by atoms with Gasteiger partial charge in [0.25, 0.3) is 5.69 Å². The maximum Gasteiger partial charge on any atom is 0.417 e. The van der Waals surface area contributed by atoms with Gasteiger partial charge in [-0.05, 0) is 97.5 Å². The number of ether oxygens (including phenoxy) is 6. The van der Waals surface area contributed by atoms with Gasteiger partial charge in [-0.15, -0.1) is 6.58 Å². The molecule has 18 nitrogen and oxygen atoms in total. The van der Waals surface area contributed by atoms with Crippen molar-refractivity contribution in [2.24, 2.45) is 22.9 Å². The summed E-state index contributed by atoms with van der Waals surface area (Å²) in [6, 6.07) is 15.5. The second kappa shape index (κ2) is 31.4. The van der Waals surface area contributed by atoms with E-state index in [1.165, 1.54) is 58.5 Å². The number of fused-ring (bicyclic) bond motifs is 2. The van der Waals surface area contributed by atoms with Crippen molar-refractivity contribution in [3.05, 3.63) is 106 Å². The summed E-state index contributed by atoms with van der Waals surface area (Å²) in [4.78, 5) is 47.9. The molecule has 422 valence electrons. The fraction of sp³-hybridized carbons (Fsp3) is 0.576. The molecule has 1 heterocycles. The first-order valence-corrected chi connectivity index (χ1v) is 27.7. The number of hydrogen-bond acceptors (Lipinski definition) is 15. The Balaban J connectivity index is 1.49. The minimum Gasteiger partial charge on any atom is -0.497 e. The van der Waals surface area contributed by atoms with E-state index in [0.717, 1.165) is 36.8 Å². The van der Waals surface area contributed by atoms with Crippen LogP contribution in [0.2, 0.25) is 0 Å². The van der Waals surface area contributed by atoms with Gasteiger partial charge in [0, 0.05) is 62.3 Å². The van der Waals surface area contributed by atoms with Gasteiger partial charge in [0.15, 0.2) is 0 Å². The maximum atomic E-state index is 15.1. The van der Waals surface area contributed by atoms with Crippen LogP contribution in [-0.4, -0.2) is 115 Å². The number of amides is 2. The molecule has 3 aromatic rings. The molecular formula is C59H82N4O14. The van der Waals surface area contributed by atoms with Gasteiger partial charge in [-0.25, -0.2) is 4.79 Å². The number of aliphatic hydroxyl groups excluding tert-OH is 3. The Bertz CT molecular complexity index is 2410. The zero-order chi connectivity index (χ0) is 55.0. The van der Waals surface area contributed by atoms with E-state index in [1.807, 2.05) is 6.07 Å². The molecule has 3 aliphatic rings. The number of nitro groups is 1. The summed E-state index contributed by atoms with van der Waals surface area (Å²) in [6.45, 7) is 6.51. The lowest BCUT2D eigenvalue weighted by molar-refractivity contribution is -0.384. The van der Waals surface area contributed by atoms with Crippen molar-refractivity contribution in [1.29, 1.82) is 0 Å². The monoisotopic (exact) mass is 1070 g/mol. The number of anilines is 1. The van der Waals surface area contributed by atoms with Crippen LogP contribution in [-0.2, 0) is 25.7 Å². The molecule has 77 heavy (non-hydrogen) atoms. The number of hydrogen-bond donors (Lipinski definition) is 4. The number of unbranched alkanes of at least 4 members (excludes halogenated alkanes) is 10. The quantitative estimate of drug-likeness (QED) is 0.0186. The predicted octanol–water partition coefficient (Wildman–Crippen LogP) is 10.8. The first-order chi connectivity index (χ1) is 37.5. The average molecular weight is 1070 g/mol. The molecule has 0 aromatic heterocycles. The molecule has 0 saturated heterocycles. The molecule has 0 radical (unpaired) electrons. The van der Waals surface area contributed by atoms with Crippen LogP contribution in [0.5, 0.6) is 23.0 Å². The predicted molar refractivity (Wildman–Crippen MR) is 293 cm³/mol. The number of carbonyl (C=O) groups excluding carboxylic acids is 2. The van der Waals surface area contributed by atoms with E-state index in [-0.39, 0.29) is 94.8 Å². The molecular weight excluding hydrogens is 989 g/mol. The highest BCUT2D eigenvalue weighted by Gasteiger charge is 2.65. The van der Waals surface area contributed by atoms with Crippen LogP contribution in [0, 0.1) is 27.9 Å². The molecule has 0 bridgehead atoms. The number of oxime groups is 1. The zero-order valence-electron chi connectivity index (χ0n) is 45.4. The summed E-state index contributed by atoms with van der Waals surface area (Å²) in [6.07, 6.45) is 17.2. The lowest BCUT2D eigenvalue weighted by Gasteiger charge is -2.60. The van der Waals surface area contributed by atoms with Crippen molar-refractivity contribution < 1.29 is 63.1 Å². The summed E-state index contributed by atoms with van der Waals surface area (Å²) >= 11 is 0. The first-order valence-electron chi connectivity index (χ1n) is 27.7. The van der Waals surface area contributed by atoms with E-state index in [0.29, 0.717) is 72.7 Å². The number of nitrogens with zero attached hydrogens (tertiary/aromatic N) is 3. The fourth-order valence-electron chi connectivity index (χ4n) is 11.3. The van der Waals surface area contributed by atoms with E-state index in [4.69, 9.17) is 38.4 Å². The standard InChI is InChI=1S/C59H82N4O14/c1-5-7-8-9-10-11-12-13-14-21-55(67)62(30-35-73-36-33-66)54-40-51(61-75-41-42-22-24-44(25-23-42)63(69)70)48-37-43(19-15-17-31-64)47(20-16-18-32-65)56-49-38-46(27-29-52(49)77-59(54,57(48)56)74-34-6-2)76-58(68)60-50-28-26-45(71-3)39-53(50)72-4/h6,22-29,37-39,43,47,54,56-57,64-66H,2,5,7-21,30-36,40-41H2,1,3-4H3,(H,60,68). The van der Waals surface area contributed by atoms with E-state index >= 15 is 4.79 Å². The van der Waals surface area contributed by atoms with Crippen LogP contribution in [0.15, 0.2) is 90.1 Å².